The van der Waals surface area contributed by atoms with E-state index in [1.54, 1.807) is 23.3 Å². The number of aromatic nitrogens is 3. The van der Waals surface area contributed by atoms with Gasteiger partial charge in [0, 0.05) is 43.6 Å². The van der Waals surface area contributed by atoms with E-state index in [0.717, 1.165) is 30.4 Å². The maximum absolute atomic E-state index is 12.9. The van der Waals surface area contributed by atoms with Gasteiger partial charge < -0.3 is 10.2 Å². The molecule has 0 radical (unpaired) electrons. The molecule has 7 heteroatoms. The lowest BCUT2D eigenvalue weighted by Gasteiger charge is -2.41. The lowest BCUT2D eigenvalue weighted by Crippen LogP contribution is -2.45. The number of pyridine rings is 1. The first kappa shape index (κ1) is 17.7. The van der Waals surface area contributed by atoms with Crippen LogP contribution in [0.1, 0.15) is 30.4 Å². The van der Waals surface area contributed by atoms with Gasteiger partial charge >= 0.3 is 0 Å². The molecule has 7 nitrogen and oxygen atoms in total. The molecule has 1 saturated heterocycles. The Morgan fingerprint density at radius 1 is 1.30 bits per heavy atom. The van der Waals surface area contributed by atoms with Gasteiger partial charge in [-0.25, -0.2) is 0 Å². The Kier molecular flexibility index (Phi) is 4.68. The number of amides is 2. The van der Waals surface area contributed by atoms with Crippen molar-refractivity contribution in [2.75, 3.05) is 13.1 Å². The lowest BCUT2D eigenvalue weighted by atomic mass is 9.62. The van der Waals surface area contributed by atoms with E-state index < -0.39 is 0 Å². The van der Waals surface area contributed by atoms with Crippen LogP contribution < -0.4 is 5.32 Å². The minimum Gasteiger partial charge on any atom is -0.352 e. The van der Waals surface area contributed by atoms with E-state index in [9.17, 15) is 9.59 Å². The second-order valence-corrected chi connectivity index (χ2v) is 7.83. The van der Waals surface area contributed by atoms with Gasteiger partial charge in [0.2, 0.25) is 11.8 Å². The van der Waals surface area contributed by atoms with E-state index in [0.29, 0.717) is 19.6 Å². The molecule has 1 saturated carbocycles. The topological polar surface area (TPSA) is 80.1 Å². The fraction of sp³-hybridized carbons (Fsp3) is 0.500. The van der Waals surface area contributed by atoms with E-state index in [4.69, 9.17) is 0 Å². The van der Waals surface area contributed by atoms with Crippen molar-refractivity contribution < 1.29 is 9.59 Å². The van der Waals surface area contributed by atoms with Gasteiger partial charge in [-0.1, -0.05) is 6.42 Å². The molecule has 2 amide bonds. The zero-order valence-corrected chi connectivity index (χ0v) is 15.6. The number of hydrogen-bond donors (Lipinski definition) is 1. The Labute approximate surface area is 158 Å². The van der Waals surface area contributed by atoms with Gasteiger partial charge in [0.1, 0.15) is 6.54 Å². The summed E-state index contributed by atoms with van der Waals surface area (Å²) in [7, 11) is 0. The van der Waals surface area contributed by atoms with Gasteiger partial charge in [-0.3, -0.25) is 19.3 Å². The van der Waals surface area contributed by atoms with Gasteiger partial charge in [0.25, 0.3) is 0 Å². The van der Waals surface area contributed by atoms with Gasteiger partial charge in [-0.2, -0.15) is 5.10 Å². The third-order valence-corrected chi connectivity index (χ3v) is 5.94. The van der Waals surface area contributed by atoms with Gasteiger partial charge in [-0.15, -0.1) is 0 Å². The molecule has 2 fully saturated rings. The second-order valence-electron chi connectivity index (χ2n) is 7.83. The predicted octanol–water partition coefficient (Wildman–Crippen LogP) is 1.53. The van der Waals surface area contributed by atoms with E-state index in [-0.39, 0.29) is 29.7 Å². The van der Waals surface area contributed by atoms with Crippen molar-refractivity contribution >= 4 is 11.8 Å². The van der Waals surface area contributed by atoms with Crippen molar-refractivity contribution in [3.63, 3.8) is 0 Å². The highest BCUT2D eigenvalue weighted by Gasteiger charge is 2.54. The van der Waals surface area contributed by atoms with Crippen molar-refractivity contribution in [2.45, 2.75) is 39.3 Å². The van der Waals surface area contributed by atoms with E-state index >= 15 is 0 Å². The van der Waals surface area contributed by atoms with Crippen LogP contribution in [0.4, 0.5) is 0 Å². The van der Waals surface area contributed by atoms with E-state index in [1.807, 2.05) is 30.2 Å². The molecule has 1 N–H and O–H groups in total. The number of rotatable bonds is 5. The number of nitrogens with one attached hydrogen (secondary N) is 1. The maximum Gasteiger partial charge on any atom is 0.244 e. The highest BCUT2D eigenvalue weighted by Crippen LogP contribution is 2.51. The second kappa shape index (κ2) is 7.13. The van der Waals surface area contributed by atoms with Crippen molar-refractivity contribution in [2.24, 2.45) is 11.3 Å². The average molecular weight is 367 g/mol. The van der Waals surface area contributed by atoms with Gasteiger partial charge in [0.15, 0.2) is 0 Å². The first-order valence-corrected chi connectivity index (χ1v) is 9.49. The van der Waals surface area contributed by atoms with Crippen molar-refractivity contribution in [1.82, 2.24) is 25.0 Å². The first-order valence-electron chi connectivity index (χ1n) is 9.49. The number of hydrogen-bond acceptors (Lipinski definition) is 4. The summed E-state index contributed by atoms with van der Waals surface area (Å²) in [5.74, 6) is -0.0399. The van der Waals surface area contributed by atoms with Crippen LogP contribution in [0.15, 0.2) is 36.9 Å². The largest absolute Gasteiger partial charge is 0.352 e. The molecule has 2 aromatic rings. The SMILES string of the molecule is Cc1cnn(CC(=O)N2CC(C(=O)NCc3ccncc3)C3(CCC3)C2)c1. The summed E-state index contributed by atoms with van der Waals surface area (Å²) in [5, 5.41) is 7.25. The highest BCUT2D eigenvalue weighted by atomic mass is 16.2. The molecule has 0 aromatic carbocycles. The number of carbonyl (C=O) groups is 2. The highest BCUT2D eigenvalue weighted by molar-refractivity contribution is 5.83. The van der Waals surface area contributed by atoms with Crippen LogP contribution in [0, 0.1) is 18.3 Å². The molecular weight excluding hydrogens is 342 g/mol. The molecule has 1 spiro atoms. The normalized spacial score (nSPS) is 20.5. The molecule has 1 unspecified atom stereocenters. The van der Waals surface area contributed by atoms with Crippen LogP contribution in [0.2, 0.25) is 0 Å². The maximum atomic E-state index is 12.9. The summed E-state index contributed by atoms with van der Waals surface area (Å²) in [6, 6.07) is 3.80. The lowest BCUT2D eigenvalue weighted by molar-refractivity contribution is -0.131. The van der Waals surface area contributed by atoms with Crippen LogP contribution in [-0.2, 0) is 22.7 Å². The molecule has 142 valence electrons. The van der Waals surface area contributed by atoms with Crippen LogP contribution in [0.3, 0.4) is 0 Å². The molecule has 1 aliphatic carbocycles. The summed E-state index contributed by atoms with van der Waals surface area (Å²) in [6.07, 6.45) is 10.2. The molecule has 0 bridgehead atoms. The summed E-state index contributed by atoms with van der Waals surface area (Å²) < 4.78 is 1.67. The molecule has 3 heterocycles. The minimum absolute atomic E-state index is 0.0359. The van der Waals surface area contributed by atoms with Crippen molar-refractivity contribution in [1.29, 1.82) is 0 Å². The molecule has 1 aliphatic heterocycles. The molecule has 2 aliphatic rings. The average Bonchev–Trinajstić information content (AvgIpc) is 3.24. The Hall–Kier alpha value is -2.70. The third kappa shape index (κ3) is 3.59. The minimum atomic E-state index is -0.128. The van der Waals surface area contributed by atoms with Crippen LogP contribution in [-0.4, -0.2) is 44.6 Å². The molecule has 1 atom stereocenters. The summed E-state index contributed by atoms with van der Waals surface area (Å²) in [5.41, 5.74) is 2.02. The van der Waals surface area contributed by atoms with Crippen LogP contribution >= 0.6 is 0 Å². The number of carbonyl (C=O) groups excluding carboxylic acids is 2. The third-order valence-electron chi connectivity index (χ3n) is 5.94. The standard InChI is InChI=1S/C20H25N5O2/c1-15-9-23-25(11-15)13-18(26)24-12-17(20(14-24)5-2-6-20)19(27)22-10-16-3-7-21-8-4-16/h3-4,7-9,11,17H,2,5-6,10,12-14H2,1H3,(H,22,27). The quantitative estimate of drug-likeness (QED) is 0.869. The van der Waals surface area contributed by atoms with Crippen molar-refractivity contribution in [3.8, 4) is 0 Å². The molecule has 27 heavy (non-hydrogen) atoms. The Morgan fingerprint density at radius 3 is 2.70 bits per heavy atom. The zero-order valence-electron chi connectivity index (χ0n) is 15.6. The monoisotopic (exact) mass is 367 g/mol. The number of aryl methyl sites for hydroxylation is 1. The smallest absolute Gasteiger partial charge is 0.244 e. The van der Waals surface area contributed by atoms with Crippen LogP contribution in [0.25, 0.3) is 0 Å². The fourth-order valence-electron chi connectivity index (χ4n) is 4.26. The fourth-order valence-corrected chi connectivity index (χ4v) is 4.26. The Morgan fingerprint density at radius 2 is 2.07 bits per heavy atom. The zero-order chi connectivity index (χ0) is 18.9. The predicted molar refractivity (Wildman–Crippen MR) is 99.4 cm³/mol. The Balaban J connectivity index is 1.40. The van der Waals surface area contributed by atoms with E-state index in [1.165, 1.54) is 0 Å². The number of nitrogens with zero attached hydrogens (tertiary/aromatic N) is 4. The number of likely N-dealkylation sites (tertiary alicyclic amines) is 1. The summed E-state index contributed by atoms with van der Waals surface area (Å²) >= 11 is 0. The summed E-state index contributed by atoms with van der Waals surface area (Å²) in [6.45, 7) is 3.86. The molecule has 4 rings (SSSR count). The Bertz CT molecular complexity index is 828. The van der Waals surface area contributed by atoms with Gasteiger partial charge in [0.05, 0.1) is 12.1 Å². The molecule has 2 aromatic heterocycles. The van der Waals surface area contributed by atoms with E-state index in [2.05, 4.69) is 15.4 Å². The summed E-state index contributed by atoms with van der Waals surface area (Å²) in [4.78, 5) is 31.5. The first-order chi connectivity index (χ1) is 13.1. The molecular formula is C20H25N5O2. The van der Waals surface area contributed by atoms with Crippen LogP contribution in [0.5, 0.6) is 0 Å². The van der Waals surface area contributed by atoms with Gasteiger partial charge in [-0.05, 0) is 43.0 Å². The van der Waals surface area contributed by atoms with Crippen molar-refractivity contribution in [3.05, 3.63) is 48.0 Å².